The van der Waals surface area contributed by atoms with Crippen molar-refractivity contribution >= 4 is 23.8 Å². The van der Waals surface area contributed by atoms with Gasteiger partial charge in [0.25, 0.3) is 0 Å². The molecule has 0 saturated heterocycles. The number of rotatable bonds is 13. The van der Waals surface area contributed by atoms with Gasteiger partial charge in [0.15, 0.2) is 0 Å². The summed E-state index contributed by atoms with van der Waals surface area (Å²) in [7, 11) is 0. The van der Waals surface area contributed by atoms with Crippen molar-refractivity contribution in [2.24, 2.45) is 11.7 Å². The Labute approximate surface area is 208 Å². The topological polar surface area (TPSA) is 140 Å². The molecule has 0 heterocycles. The third-order valence-corrected chi connectivity index (χ3v) is 5.14. The fourth-order valence-corrected chi connectivity index (χ4v) is 3.45. The maximum absolute atomic E-state index is 13.3. The number of ether oxygens (including phenoxy) is 1. The van der Waals surface area contributed by atoms with Crippen LogP contribution in [0.5, 0.6) is 0 Å². The third-order valence-electron chi connectivity index (χ3n) is 5.14. The van der Waals surface area contributed by atoms with Crippen LogP contribution in [0.4, 0.5) is 4.79 Å². The summed E-state index contributed by atoms with van der Waals surface area (Å²) in [6, 6.07) is 6.55. The number of primary amides is 1. The van der Waals surface area contributed by atoms with Gasteiger partial charge >= 0.3 is 6.09 Å². The van der Waals surface area contributed by atoms with E-state index in [1.807, 2.05) is 51.1 Å². The molecule has 0 aromatic heterocycles. The van der Waals surface area contributed by atoms with Crippen LogP contribution in [0.2, 0.25) is 0 Å². The Morgan fingerprint density at radius 2 is 1.49 bits per heavy atom. The molecule has 0 bridgehead atoms. The molecule has 1 rings (SSSR count). The minimum Gasteiger partial charge on any atom is -0.444 e. The minimum absolute atomic E-state index is 0.0834. The Morgan fingerprint density at radius 3 is 2.00 bits per heavy atom. The number of carbonyl (C=O) groups is 4. The highest BCUT2D eigenvalue weighted by molar-refractivity contribution is 5.93. The van der Waals surface area contributed by atoms with Gasteiger partial charge in [0.2, 0.25) is 17.7 Å². The first-order chi connectivity index (χ1) is 16.3. The predicted molar refractivity (Wildman–Crippen MR) is 135 cm³/mol. The molecule has 1 aromatic carbocycles. The van der Waals surface area contributed by atoms with Crippen LogP contribution in [0.15, 0.2) is 30.3 Å². The van der Waals surface area contributed by atoms with E-state index in [1.165, 1.54) is 0 Å². The van der Waals surface area contributed by atoms with Crippen LogP contribution in [0.3, 0.4) is 0 Å². The van der Waals surface area contributed by atoms with Crippen LogP contribution in [0, 0.1) is 5.92 Å². The van der Waals surface area contributed by atoms with Crippen molar-refractivity contribution in [3.05, 3.63) is 35.9 Å². The zero-order valence-electron chi connectivity index (χ0n) is 21.9. The van der Waals surface area contributed by atoms with Gasteiger partial charge in [0.05, 0.1) is 0 Å². The third kappa shape index (κ3) is 12.2. The molecular weight excluding hydrogens is 448 g/mol. The van der Waals surface area contributed by atoms with Gasteiger partial charge in [0.1, 0.15) is 23.7 Å². The molecule has 0 aliphatic rings. The molecule has 3 atom stereocenters. The Hall–Kier alpha value is -3.10. The lowest BCUT2D eigenvalue weighted by Crippen LogP contribution is -2.57. The molecule has 35 heavy (non-hydrogen) atoms. The van der Waals surface area contributed by atoms with Crippen LogP contribution < -0.4 is 21.7 Å². The van der Waals surface area contributed by atoms with Gasteiger partial charge in [-0.3, -0.25) is 14.4 Å². The number of amides is 4. The van der Waals surface area contributed by atoms with Gasteiger partial charge in [-0.1, -0.05) is 63.9 Å². The van der Waals surface area contributed by atoms with Crippen molar-refractivity contribution < 1.29 is 23.9 Å². The molecule has 0 aliphatic carbocycles. The maximum Gasteiger partial charge on any atom is 0.408 e. The number of hydrogen-bond acceptors (Lipinski definition) is 5. The number of unbranched alkanes of at least 4 members (excludes halogenated alkanes) is 1. The summed E-state index contributed by atoms with van der Waals surface area (Å²) in [5, 5.41) is 8.07. The fraction of sp³-hybridized carbons (Fsp3) is 0.615. The van der Waals surface area contributed by atoms with Gasteiger partial charge in [-0.05, 0) is 45.1 Å². The SMILES string of the molecule is CCCC[C@H](NC(=O)[C@H](CC(C)C)NC(=O)[C@@H](Cc1ccccc1)NC(=O)OC(C)(C)C)C(N)=O. The summed E-state index contributed by atoms with van der Waals surface area (Å²) >= 11 is 0. The Bertz CT molecular complexity index is 836. The van der Waals surface area contributed by atoms with E-state index in [9.17, 15) is 19.2 Å². The number of alkyl carbamates (subject to hydrolysis) is 1. The lowest BCUT2D eigenvalue weighted by molar-refractivity contribution is -0.132. The van der Waals surface area contributed by atoms with Gasteiger partial charge in [-0.15, -0.1) is 0 Å². The predicted octanol–water partition coefficient (Wildman–Crippen LogP) is 2.81. The summed E-state index contributed by atoms with van der Waals surface area (Å²) in [4.78, 5) is 50.6. The summed E-state index contributed by atoms with van der Waals surface area (Å²) in [6.07, 6.45) is 1.84. The summed E-state index contributed by atoms with van der Waals surface area (Å²) in [5.74, 6) is -1.54. The summed E-state index contributed by atoms with van der Waals surface area (Å²) in [5.41, 5.74) is 5.56. The highest BCUT2D eigenvalue weighted by Crippen LogP contribution is 2.11. The van der Waals surface area contributed by atoms with Crippen molar-refractivity contribution in [3.63, 3.8) is 0 Å². The van der Waals surface area contributed by atoms with Crippen molar-refractivity contribution in [2.75, 3.05) is 0 Å². The van der Waals surface area contributed by atoms with E-state index in [0.29, 0.717) is 12.8 Å². The molecule has 1 aromatic rings. The Kier molecular flexibility index (Phi) is 12.3. The lowest BCUT2D eigenvalue weighted by atomic mass is 10.0. The number of nitrogens with two attached hydrogens (primary N) is 1. The molecule has 4 amide bonds. The van der Waals surface area contributed by atoms with Crippen molar-refractivity contribution in [1.29, 1.82) is 0 Å². The highest BCUT2D eigenvalue weighted by atomic mass is 16.6. The van der Waals surface area contributed by atoms with E-state index in [4.69, 9.17) is 10.5 Å². The molecule has 0 saturated carbocycles. The molecule has 0 aliphatic heterocycles. The van der Waals surface area contributed by atoms with E-state index in [2.05, 4.69) is 16.0 Å². The van der Waals surface area contributed by atoms with Crippen LogP contribution >= 0.6 is 0 Å². The Morgan fingerprint density at radius 1 is 0.914 bits per heavy atom. The van der Waals surface area contributed by atoms with Gasteiger partial charge in [0, 0.05) is 6.42 Å². The number of carbonyl (C=O) groups excluding carboxylic acids is 4. The molecule has 196 valence electrons. The van der Waals surface area contributed by atoms with Gasteiger partial charge in [-0.2, -0.15) is 0 Å². The Balaban J connectivity index is 3.06. The molecule has 9 nitrogen and oxygen atoms in total. The molecule has 0 radical (unpaired) electrons. The zero-order valence-corrected chi connectivity index (χ0v) is 21.9. The maximum atomic E-state index is 13.3. The monoisotopic (exact) mass is 490 g/mol. The summed E-state index contributed by atoms with van der Waals surface area (Å²) in [6.45, 7) is 11.0. The second-order valence-electron chi connectivity index (χ2n) is 10.2. The van der Waals surface area contributed by atoms with Crippen LogP contribution in [-0.2, 0) is 25.5 Å². The van der Waals surface area contributed by atoms with E-state index < -0.39 is 47.5 Å². The quantitative estimate of drug-likeness (QED) is 0.337. The first-order valence-electron chi connectivity index (χ1n) is 12.3. The fourth-order valence-electron chi connectivity index (χ4n) is 3.45. The lowest BCUT2D eigenvalue weighted by Gasteiger charge is -2.27. The van der Waals surface area contributed by atoms with Gasteiger partial charge in [-0.25, -0.2) is 4.79 Å². The van der Waals surface area contributed by atoms with Crippen LogP contribution in [-0.4, -0.2) is 47.5 Å². The van der Waals surface area contributed by atoms with Crippen molar-refractivity contribution in [2.45, 2.75) is 97.4 Å². The largest absolute Gasteiger partial charge is 0.444 e. The highest BCUT2D eigenvalue weighted by Gasteiger charge is 2.30. The molecule has 0 unspecified atom stereocenters. The first kappa shape index (κ1) is 29.9. The van der Waals surface area contributed by atoms with Gasteiger partial charge < -0.3 is 26.4 Å². The average Bonchev–Trinajstić information content (AvgIpc) is 2.74. The molecule has 0 spiro atoms. The molecular formula is C26H42N4O5. The standard InChI is InChI=1S/C26H42N4O5/c1-7-8-14-19(22(27)31)28-23(32)20(15-17(2)3)29-24(33)21(16-18-12-10-9-11-13-18)30-25(34)35-26(4,5)6/h9-13,17,19-21H,7-8,14-16H2,1-6H3,(H2,27,31)(H,28,32)(H,29,33)(H,30,34)/t19-,20-,21+/m0/s1. The first-order valence-corrected chi connectivity index (χ1v) is 12.3. The molecule has 0 fully saturated rings. The minimum atomic E-state index is -0.971. The van der Waals surface area contributed by atoms with E-state index in [0.717, 1.165) is 18.4 Å². The second kappa shape index (κ2) is 14.3. The van der Waals surface area contributed by atoms with Crippen molar-refractivity contribution in [3.8, 4) is 0 Å². The second-order valence-corrected chi connectivity index (χ2v) is 10.2. The summed E-state index contributed by atoms with van der Waals surface area (Å²) < 4.78 is 5.33. The van der Waals surface area contributed by atoms with Crippen LogP contribution in [0.1, 0.15) is 72.8 Å². The normalized spacial score (nSPS) is 13.9. The number of nitrogens with one attached hydrogen (secondary N) is 3. The van der Waals surface area contributed by atoms with Crippen molar-refractivity contribution in [1.82, 2.24) is 16.0 Å². The van der Waals surface area contributed by atoms with Crippen LogP contribution in [0.25, 0.3) is 0 Å². The van der Waals surface area contributed by atoms with E-state index in [-0.39, 0.29) is 12.3 Å². The molecule has 9 heteroatoms. The number of benzene rings is 1. The van der Waals surface area contributed by atoms with E-state index in [1.54, 1.807) is 20.8 Å². The molecule has 5 N–H and O–H groups in total. The smallest absolute Gasteiger partial charge is 0.408 e. The zero-order chi connectivity index (χ0) is 26.6. The van der Waals surface area contributed by atoms with E-state index >= 15 is 0 Å². The average molecular weight is 491 g/mol. The number of hydrogen-bond donors (Lipinski definition) is 4.